The van der Waals surface area contributed by atoms with Crippen molar-refractivity contribution in [3.05, 3.63) is 63.8 Å². The molecule has 2 aromatic rings. The van der Waals surface area contributed by atoms with Crippen LogP contribution in [0, 0.1) is 0 Å². The highest BCUT2D eigenvalue weighted by atomic mass is 32.1. The van der Waals surface area contributed by atoms with Crippen LogP contribution in [0.25, 0.3) is 6.08 Å². The number of ether oxygens (including phenoxy) is 1. The molecule has 2 amide bonds. The van der Waals surface area contributed by atoms with E-state index in [2.05, 4.69) is 20.2 Å². The van der Waals surface area contributed by atoms with E-state index >= 15 is 0 Å². The van der Waals surface area contributed by atoms with Crippen LogP contribution in [0.4, 0.5) is 10.5 Å². The summed E-state index contributed by atoms with van der Waals surface area (Å²) in [5.74, 6) is -0.781. The Morgan fingerprint density at radius 2 is 2.05 bits per heavy atom. The standard InChI is InChI=1S/C25H26N6O5S/c1-36-24(34)19-12-27-22(23-26-8-11-37-23)28-20(19)15-29-9-10-30-18(13-29)14-31(25(30)35)17-5-2-16(3-6-17)4-7-21(32)33/h2-8,11,18H,9-10,12-15H2,1H3,(H,27,28)(H,32,33)/b7-4+/t18-/m0/s1. The number of urea groups is 1. The van der Waals surface area contributed by atoms with Gasteiger partial charge in [0.2, 0.25) is 0 Å². The van der Waals surface area contributed by atoms with Crippen molar-refractivity contribution in [1.29, 1.82) is 0 Å². The number of amidine groups is 1. The molecule has 11 nitrogen and oxygen atoms in total. The smallest absolute Gasteiger partial charge is 0.337 e. The SMILES string of the molecule is COC(=O)C1=C(CN2CCN3C(=O)N(c4ccc(/C=C/C(=O)O)cc4)C[C@@H]3C2)NC(c2nccs2)=NC1. The fraction of sp³-hybridized carbons (Fsp3) is 0.320. The normalized spacial score (nSPS) is 20.2. The summed E-state index contributed by atoms with van der Waals surface area (Å²) >= 11 is 1.47. The third kappa shape index (κ3) is 5.25. The van der Waals surface area contributed by atoms with Crippen LogP contribution in [0.15, 0.2) is 58.2 Å². The number of aliphatic carboxylic acids is 1. The van der Waals surface area contributed by atoms with E-state index in [9.17, 15) is 14.4 Å². The topological polar surface area (TPSA) is 128 Å². The molecule has 2 N–H and O–H groups in total. The third-order valence-corrected chi connectivity index (χ3v) is 7.32. The number of hydrogen-bond acceptors (Lipinski definition) is 9. The van der Waals surface area contributed by atoms with Gasteiger partial charge < -0.3 is 20.1 Å². The maximum atomic E-state index is 13.1. The van der Waals surface area contributed by atoms with Gasteiger partial charge in [0.25, 0.3) is 0 Å². The van der Waals surface area contributed by atoms with Gasteiger partial charge in [-0.1, -0.05) is 12.1 Å². The molecule has 192 valence electrons. The zero-order valence-electron chi connectivity index (χ0n) is 20.2. The fourth-order valence-electron chi connectivity index (χ4n) is 4.71. The predicted molar refractivity (Wildman–Crippen MR) is 138 cm³/mol. The van der Waals surface area contributed by atoms with Crippen LogP contribution in [0.1, 0.15) is 10.6 Å². The van der Waals surface area contributed by atoms with Crippen LogP contribution in [0.5, 0.6) is 0 Å². The van der Waals surface area contributed by atoms with Crippen molar-refractivity contribution < 1.29 is 24.2 Å². The lowest BCUT2D eigenvalue weighted by Gasteiger charge is -2.37. The van der Waals surface area contributed by atoms with Gasteiger partial charge in [0.15, 0.2) is 10.8 Å². The number of esters is 1. The van der Waals surface area contributed by atoms with Crippen LogP contribution in [-0.4, -0.2) is 96.1 Å². The average Bonchev–Trinajstić information content (AvgIpc) is 3.56. The Kier molecular flexibility index (Phi) is 7.01. The molecular weight excluding hydrogens is 496 g/mol. The highest BCUT2D eigenvalue weighted by Crippen LogP contribution is 2.27. The number of thiazole rings is 1. The molecule has 2 saturated heterocycles. The Bertz CT molecular complexity index is 1290. The molecule has 3 aliphatic heterocycles. The molecule has 0 spiro atoms. The van der Waals surface area contributed by atoms with E-state index in [0.717, 1.165) is 28.0 Å². The molecule has 4 heterocycles. The molecule has 3 aliphatic rings. The Labute approximate surface area is 217 Å². The minimum absolute atomic E-state index is 0.00528. The minimum Gasteiger partial charge on any atom is -0.478 e. The first-order chi connectivity index (χ1) is 17.9. The van der Waals surface area contributed by atoms with Crippen molar-refractivity contribution in [2.45, 2.75) is 6.04 Å². The van der Waals surface area contributed by atoms with Gasteiger partial charge in [-0.3, -0.25) is 14.8 Å². The number of carbonyl (C=O) groups is 3. The Morgan fingerprint density at radius 1 is 1.24 bits per heavy atom. The van der Waals surface area contributed by atoms with Gasteiger partial charge in [-0.25, -0.2) is 19.4 Å². The van der Waals surface area contributed by atoms with Crippen molar-refractivity contribution >= 4 is 46.9 Å². The molecule has 12 heteroatoms. The van der Waals surface area contributed by atoms with Gasteiger partial charge in [0, 0.05) is 61.8 Å². The molecule has 2 fully saturated rings. The van der Waals surface area contributed by atoms with E-state index in [0.29, 0.717) is 44.1 Å². The van der Waals surface area contributed by atoms with Crippen molar-refractivity contribution in [3.8, 4) is 0 Å². The molecule has 37 heavy (non-hydrogen) atoms. The minimum atomic E-state index is -1.01. The number of nitrogens with zero attached hydrogens (tertiary/aromatic N) is 5. The molecule has 0 aliphatic carbocycles. The van der Waals surface area contributed by atoms with Crippen LogP contribution < -0.4 is 10.2 Å². The highest BCUT2D eigenvalue weighted by molar-refractivity contribution is 7.11. The number of hydrogen-bond donors (Lipinski definition) is 2. The highest BCUT2D eigenvalue weighted by Gasteiger charge is 2.41. The fourth-order valence-corrected chi connectivity index (χ4v) is 5.31. The number of carboxylic acids is 1. The Hall–Kier alpha value is -4.03. The van der Waals surface area contributed by atoms with Gasteiger partial charge in [-0.15, -0.1) is 11.3 Å². The monoisotopic (exact) mass is 522 g/mol. The first kappa shape index (κ1) is 24.7. The van der Waals surface area contributed by atoms with Crippen molar-refractivity contribution in [2.24, 2.45) is 4.99 Å². The first-order valence-corrected chi connectivity index (χ1v) is 12.6. The van der Waals surface area contributed by atoms with Gasteiger partial charge in [-0.05, 0) is 23.8 Å². The van der Waals surface area contributed by atoms with E-state index in [1.165, 1.54) is 24.5 Å². The molecule has 0 radical (unpaired) electrons. The van der Waals surface area contributed by atoms with Crippen LogP contribution in [0.3, 0.4) is 0 Å². The number of rotatable bonds is 7. The molecule has 0 bridgehead atoms. The summed E-state index contributed by atoms with van der Waals surface area (Å²) < 4.78 is 4.99. The molecule has 1 atom stereocenters. The molecule has 0 unspecified atom stereocenters. The van der Waals surface area contributed by atoms with E-state index in [-0.39, 0.29) is 18.6 Å². The largest absolute Gasteiger partial charge is 0.478 e. The Morgan fingerprint density at radius 3 is 2.76 bits per heavy atom. The Balaban J connectivity index is 1.27. The van der Waals surface area contributed by atoms with Crippen LogP contribution >= 0.6 is 11.3 Å². The number of nitrogens with one attached hydrogen (secondary N) is 1. The van der Waals surface area contributed by atoms with Gasteiger partial charge >= 0.3 is 18.0 Å². The second-order valence-corrected chi connectivity index (χ2v) is 9.71. The van der Waals surface area contributed by atoms with Crippen molar-refractivity contribution in [3.63, 3.8) is 0 Å². The number of methoxy groups -OCH3 is 1. The number of fused-ring (bicyclic) bond motifs is 1. The summed E-state index contributed by atoms with van der Waals surface area (Å²) in [6, 6.07) is 7.21. The molecule has 1 aromatic carbocycles. The summed E-state index contributed by atoms with van der Waals surface area (Å²) in [7, 11) is 1.36. The maximum absolute atomic E-state index is 13.1. The number of amides is 2. The van der Waals surface area contributed by atoms with Crippen LogP contribution in [-0.2, 0) is 14.3 Å². The summed E-state index contributed by atoms with van der Waals surface area (Å²) in [4.78, 5) is 51.0. The first-order valence-electron chi connectivity index (χ1n) is 11.8. The van der Waals surface area contributed by atoms with Gasteiger partial charge in [-0.2, -0.15) is 0 Å². The molecular formula is C25H26N6O5S. The summed E-state index contributed by atoms with van der Waals surface area (Å²) in [6.45, 7) is 3.16. The number of aromatic nitrogens is 1. The van der Waals surface area contributed by atoms with Crippen molar-refractivity contribution in [2.75, 3.05) is 51.3 Å². The molecule has 0 saturated carbocycles. The van der Waals surface area contributed by atoms with Crippen molar-refractivity contribution in [1.82, 2.24) is 20.1 Å². The lowest BCUT2D eigenvalue weighted by Crippen LogP contribution is -2.53. The summed E-state index contributed by atoms with van der Waals surface area (Å²) in [6.07, 6.45) is 4.31. The second-order valence-electron chi connectivity index (χ2n) is 8.81. The van der Waals surface area contributed by atoms with Gasteiger partial charge in [0.1, 0.15) is 0 Å². The maximum Gasteiger partial charge on any atom is 0.337 e. The number of piperazine rings is 1. The number of carbonyl (C=O) groups excluding carboxylic acids is 2. The van der Waals surface area contributed by atoms with E-state index < -0.39 is 11.9 Å². The lowest BCUT2D eigenvalue weighted by atomic mass is 10.1. The average molecular weight is 523 g/mol. The zero-order valence-corrected chi connectivity index (χ0v) is 21.0. The lowest BCUT2D eigenvalue weighted by molar-refractivity contribution is -0.136. The number of anilines is 1. The summed E-state index contributed by atoms with van der Waals surface area (Å²) in [5.41, 5.74) is 2.75. The predicted octanol–water partition coefficient (Wildman–Crippen LogP) is 1.64. The number of aliphatic imine (C=N–C) groups is 1. The van der Waals surface area contributed by atoms with Gasteiger partial charge in [0.05, 0.1) is 25.3 Å². The molecule has 1 aromatic heterocycles. The third-order valence-electron chi connectivity index (χ3n) is 6.54. The van der Waals surface area contributed by atoms with E-state index in [4.69, 9.17) is 9.84 Å². The number of carboxylic acid groups (broad SMARTS) is 1. The summed E-state index contributed by atoms with van der Waals surface area (Å²) in [5, 5.41) is 14.7. The quantitative estimate of drug-likeness (QED) is 0.415. The zero-order chi connectivity index (χ0) is 25.9. The second kappa shape index (κ2) is 10.5. The van der Waals surface area contributed by atoms with Crippen LogP contribution in [0.2, 0.25) is 0 Å². The van der Waals surface area contributed by atoms with E-state index in [1.807, 2.05) is 22.4 Å². The van der Waals surface area contributed by atoms with E-state index in [1.54, 1.807) is 23.2 Å². The molecule has 5 rings (SSSR count). The number of benzene rings is 1.